The lowest BCUT2D eigenvalue weighted by Crippen LogP contribution is -2.14. The zero-order valence-corrected chi connectivity index (χ0v) is 23.7. The number of ether oxygens (including phenoxy) is 3. The molecule has 1 aliphatic rings. The number of nitrogens with zero attached hydrogens (tertiary/aromatic N) is 1. The number of amides is 1. The summed E-state index contributed by atoms with van der Waals surface area (Å²) >= 11 is 4.62. The summed E-state index contributed by atoms with van der Waals surface area (Å²) in [4.78, 5) is 29.1. The van der Waals surface area contributed by atoms with Crippen LogP contribution >= 0.6 is 27.7 Å². The Morgan fingerprint density at radius 2 is 1.81 bits per heavy atom. The number of hydrogen-bond acceptors (Lipinski definition) is 7. The van der Waals surface area contributed by atoms with Crippen molar-refractivity contribution in [1.82, 2.24) is 0 Å². The summed E-state index contributed by atoms with van der Waals surface area (Å²) in [6, 6.07) is 11.7. The molecule has 0 saturated heterocycles. The van der Waals surface area contributed by atoms with Gasteiger partial charge in [-0.1, -0.05) is 48.5 Å². The first-order valence-corrected chi connectivity index (χ1v) is 13.6. The van der Waals surface area contributed by atoms with Crippen LogP contribution in [0.25, 0.3) is 6.08 Å². The largest absolute Gasteiger partial charge is 0.506 e. The molecule has 1 aliphatic heterocycles. The van der Waals surface area contributed by atoms with Gasteiger partial charge in [-0.15, -0.1) is 0 Å². The lowest BCUT2D eigenvalue weighted by atomic mass is 10.1. The number of benzene rings is 2. The number of carbonyl (C=O) groups is 2. The van der Waals surface area contributed by atoms with E-state index in [1.165, 1.54) is 5.56 Å². The van der Waals surface area contributed by atoms with Crippen molar-refractivity contribution in [2.45, 2.75) is 47.1 Å². The lowest BCUT2D eigenvalue weighted by Gasteiger charge is -2.15. The molecule has 1 N–H and O–H groups in total. The molecule has 1 amide bonds. The maximum absolute atomic E-state index is 12.5. The van der Waals surface area contributed by atoms with Crippen molar-refractivity contribution in [3.63, 3.8) is 0 Å². The zero-order valence-electron chi connectivity index (χ0n) is 21.3. The summed E-state index contributed by atoms with van der Waals surface area (Å²) in [5.41, 5.74) is 2.79. The number of halogens is 1. The van der Waals surface area contributed by atoms with Crippen molar-refractivity contribution in [3.8, 4) is 11.5 Å². The van der Waals surface area contributed by atoms with Crippen LogP contribution in [-0.2, 0) is 20.9 Å². The van der Waals surface area contributed by atoms with Crippen LogP contribution in [0.15, 0.2) is 62.1 Å². The minimum Gasteiger partial charge on any atom is -0.506 e. The van der Waals surface area contributed by atoms with E-state index in [1.807, 2.05) is 51.1 Å². The van der Waals surface area contributed by atoms with Crippen molar-refractivity contribution in [3.05, 3.63) is 73.8 Å². The Bertz CT molecular complexity index is 1250. The molecule has 0 radical (unpaired) electrons. The number of carbonyl (C=O) groups excluding carboxylic acids is 2. The summed E-state index contributed by atoms with van der Waals surface area (Å²) in [6.45, 7) is 8.38. The van der Waals surface area contributed by atoms with Crippen molar-refractivity contribution in [2.75, 3.05) is 13.2 Å². The predicted molar refractivity (Wildman–Crippen MR) is 150 cm³/mol. The second-order valence-electron chi connectivity index (χ2n) is 8.15. The van der Waals surface area contributed by atoms with Gasteiger partial charge >= 0.3 is 5.97 Å². The molecule has 0 unspecified atom stereocenters. The van der Waals surface area contributed by atoms with Gasteiger partial charge in [0.05, 0.1) is 22.6 Å². The number of rotatable bonds is 10. The smallest absolute Gasteiger partial charge is 0.344 e. The SMILES string of the molecule is CCCC(=O)N=C1S/C(=C\c2cc(Br)c(OCc3ccc(C)cc3)c(OCC)c2)C(O)=C1C(=O)OCC. The quantitative estimate of drug-likeness (QED) is 0.301. The van der Waals surface area contributed by atoms with Gasteiger partial charge in [0.15, 0.2) is 11.5 Å². The minimum absolute atomic E-state index is 0.107. The molecule has 9 heteroatoms. The van der Waals surface area contributed by atoms with Crippen molar-refractivity contribution >= 4 is 50.7 Å². The molecule has 0 saturated carbocycles. The highest BCUT2D eigenvalue weighted by Crippen LogP contribution is 2.42. The number of aryl methyl sites for hydroxylation is 1. The number of esters is 1. The molecule has 0 aliphatic carbocycles. The van der Waals surface area contributed by atoms with Crippen LogP contribution in [0.2, 0.25) is 0 Å². The van der Waals surface area contributed by atoms with Gasteiger partial charge in [0.1, 0.15) is 23.0 Å². The molecule has 2 aromatic carbocycles. The average molecular weight is 589 g/mol. The fourth-order valence-electron chi connectivity index (χ4n) is 3.44. The van der Waals surface area contributed by atoms with Crippen molar-refractivity contribution < 1.29 is 28.9 Å². The van der Waals surface area contributed by atoms with Gasteiger partial charge in [0.2, 0.25) is 5.91 Å². The number of aliphatic hydroxyl groups excluding tert-OH is 1. The van der Waals surface area contributed by atoms with Gasteiger partial charge in [-0.25, -0.2) is 9.79 Å². The Balaban J connectivity index is 1.95. The summed E-state index contributed by atoms with van der Waals surface area (Å²) < 4.78 is 17.7. The van der Waals surface area contributed by atoms with Gasteiger partial charge in [-0.2, -0.15) is 0 Å². The molecule has 0 atom stereocenters. The van der Waals surface area contributed by atoms with Crippen LogP contribution in [0.1, 0.15) is 50.3 Å². The standard InChI is InChI=1S/C28H30BrNO6S/c1-5-8-23(31)30-27-24(28(33)35-7-3)25(32)22(37-27)15-19-13-20(29)26(21(14-19)34-6-2)36-16-18-11-9-17(4)10-12-18/h9-15,32H,5-8,16H2,1-4H3/b22-15-,30-27?. The van der Waals surface area contributed by atoms with E-state index in [9.17, 15) is 14.7 Å². The summed E-state index contributed by atoms with van der Waals surface area (Å²) in [6.07, 6.45) is 2.57. The second kappa shape index (κ2) is 13.5. The van der Waals surface area contributed by atoms with Crippen LogP contribution in [0.3, 0.4) is 0 Å². The summed E-state index contributed by atoms with van der Waals surface area (Å²) in [5, 5.41) is 11.0. The van der Waals surface area contributed by atoms with Crippen LogP contribution in [0.5, 0.6) is 11.5 Å². The highest BCUT2D eigenvalue weighted by molar-refractivity contribution is 9.10. The van der Waals surface area contributed by atoms with Crippen molar-refractivity contribution in [1.29, 1.82) is 0 Å². The number of aliphatic hydroxyl groups is 1. The fourth-order valence-corrected chi connectivity index (χ4v) is 5.05. The van der Waals surface area contributed by atoms with Crippen LogP contribution < -0.4 is 9.47 Å². The first kappa shape index (κ1) is 28.5. The third kappa shape index (κ3) is 7.49. The van der Waals surface area contributed by atoms with E-state index in [0.29, 0.717) is 46.1 Å². The normalized spacial score (nSPS) is 15.4. The molecule has 3 rings (SSSR count). The molecular formula is C28H30BrNO6S. The maximum atomic E-state index is 12.5. The highest BCUT2D eigenvalue weighted by Gasteiger charge is 2.33. The Morgan fingerprint density at radius 3 is 2.46 bits per heavy atom. The van der Waals surface area contributed by atoms with E-state index in [-0.39, 0.29) is 35.3 Å². The molecule has 2 aromatic rings. The van der Waals surface area contributed by atoms with Crippen molar-refractivity contribution in [2.24, 2.45) is 4.99 Å². The third-order valence-electron chi connectivity index (χ3n) is 5.19. The van der Waals surface area contributed by atoms with E-state index in [4.69, 9.17) is 14.2 Å². The third-order valence-corrected chi connectivity index (χ3v) is 6.80. The summed E-state index contributed by atoms with van der Waals surface area (Å²) in [5.74, 6) is -0.282. The predicted octanol–water partition coefficient (Wildman–Crippen LogP) is 6.92. The van der Waals surface area contributed by atoms with E-state index in [1.54, 1.807) is 19.1 Å². The Hall–Kier alpha value is -3.04. The fraction of sp³-hybridized carbons (Fsp3) is 0.321. The van der Waals surface area contributed by atoms with Crippen LogP contribution in [0.4, 0.5) is 0 Å². The molecular weight excluding hydrogens is 558 g/mol. The number of thioether (sulfide) groups is 1. The number of hydrogen-bond donors (Lipinski definition) is 1. The Morgan fingerprint density at radius 1 is 1.08 bits per heavy atom. The van der Waals surface area contributed by atoms with E-state index < -0.39 is 5.97 Å². The first-order chi connectivity index (χ1) is 17.8. The van der Waals surface area contributed by atoms with Crippen LogP contribution in [-0.4, -0.2) is 35.2 Å². The van der Waals surface area contributed by atoms with Crippen LogP contribution in [0, 0.1) is 6.92 Å². The molecule has 0 spiro atoms. The molecule has 37 heavy (non-hydrogen) atoms. The zero-order chi connectivity index (χ0) is 26.9. The molecule has 1 heterocycles. The monoisotopic (exact) mass is 587 g/mol. The van der Waals surface area contributed by atoms with E-state index in [0.717, 1.165) is 17.3 Å². The molecule has 0 bridgehead atoms. The second-order valence-corrected chi connectivity index (χ2v) is 10.0. The van der Waals surface area contributed by atoms with Gasteiger partial charge in [0, 0.05) is 6.42 Å². The topological polar surface area (TPSA) is 94.4 Å². The molecule has 196 valence electrons. The van der Waals surface area contributed by atoms with Gasteiger partial charge in [0.25, 0.3) is 0 Å². The maximum Gasteiger partial charge on any atom is 0.344 e. The van der Waals surface area contributed by atoms with Gasteiger partial charge < -0.3 is 19.3 Å². The minimum atomic E-state index is -0.727. The number of aliphatic imine (C=N–C) groups is 1. The summed E-state index contributed by atoms with van der Waals surface area (Å²) in [7, 11) is 0. The van der Waals surface area contributed by atoms with Gasteiger partial charge in [-0.05, 0) is 72.5 Å². The van der Waals surface area contributed by atoms with E-state index >= 15 is 0 Å². The highest BCUT2D eigenvalue weighted by atomic mass is 79.9. The Labute approximate surface area is 229 Å². The molecule has 0 fully saturated rings. The Kier molecular flexibility index (Phi) is 10.4. The average Bonchev–Trinajstić information content (AvgIpc) is 3.14. The van der Waals surface area contributed by atoms with E-state index in [2.05, 4.69) is 20.9 Å². The first-order valence-electron chi connectivity index (χ1n) is 12.0. The molecule has 0 aromatic heterocycles. The lowest BCUT2D eigenvalue weighted by molar-refractivity contribution is -0.138. The molecule has 7 nitrogen and oxygen atoms in total. The van der Waals surface area contributed by atoms with Gasteiger partial charge in [-0.3, -0.25) is 4.79 Å².